The minimum absolute atomic E-state index is 0.0189. The molecule has 0 heterocycles. The highest BCUT2D eigenvalue weighted by Gasteiger charge is 2.33. The maximum atomic E-state index is 13.2. The van der Waals surface area contributed by atoms with Gasteiger partial charge in [-0.15, -0.1) is 0 Å². The molecule has 0 saturated heterocycles. The molecule has 10 heteroatoms. The van der Waals surface area contributed by atoms with Gasteiger partial charge < -0.3 is 5.32 Å². The van der Waals surface area contributed by atoms with Crippen molar-refractivity contribution in [1.29, 1.82) is 0 Å². The van der Waals surface area contributed by atoms with Gasteiger partial charge in [-0.2, -0.15) is 13.2 Å². The first-order valence-corrected chi connectivity index (χ1v) is 10.5. The van der Waals surface area contributed by atoms with E-state index in [0.717, 1.165) is 10.4 Å². The van der Waals surface area contributed by atoms with E-state index >= 15 is 0 Å². The number of nitrogens with one attached hydrogen (secondary N) is 1. The van der Waals surface area contributed by atoms with E-state index in [1.807, 2.05) is 0 Å². The Labute approximate surface area is 174 Å². The first-order chi connectivity index (χ1) is 13.8. The van der Waals surface area contributed by atoms with Crippen molar-refractivity contribution in [3.05, 3.63) is 59.7 Å². The molecule has 2 rings (SSSR count). The molecule has 0 spiro atoms. The third-order valence-electron chi connectivity index (χ3n) is 4.66. The van der Waals surface area contributed by atoms with Gasteiger partial charge in [0.05, 0.1) is 16.5 Å². The van der Waals surface area contributed by atoms with Crippen molar-refractivity contribution in [3.63, 3.8) is 0 Å². The zero-order chi connectivity index (χ0) is 22.7. The van der Waals surface area contributed by atoms with E-state index in [9.17, 15) is 26.4 Å². The summed E-state index contributed by atoms with van der Waals surface area (Å²) in [6, 6.07) is 10.2. The quantitative estimate of drug-likeness (QED) is 0.712. The Kier molecular flexibility index (Phi) is 7.27. The van der Waals surface area contributed by atoms with Gasteiger partial charge in [-0.25, -0.2) is 12.7 Å². The van der Waals surface area contributed by atoms with E-state index in [4.69, 9.17) is 0 Å². The highest BCUT2D eigenvalue weighted by atomic mass is 32.2. The number of anilines is 1. The first kappa shape index (κ1) is 23.8. The summed E-state index contributed by atoms with van der Waals surface area (Å²) in [5.74, 6) is -0.471. The Morgan fingerprint density at radius 3 is 2.30 bits per heavy atom. The second-order valence-electron chi connectivity index (χ2n) is 7.05. The van der Waals surface area contributed by atoms with E-state index in [2.05, 4.69) is 5.32 Å². The number of hydrogen-bond acceptors (Lipinski definition) is 4. The number of rotatable bonds is 7. The fourth-order valence-electron chi connectivity index (χ4n) is 2.73. The number of sulfonamides is 1. The molecular formula is C20H24F3N3O3S. The van der Waals surface area contributed by atoms with Crippen LogP contribution in [0, 0.1) is 0 Å². The first-order valence-electron chi connectivity index (χ1n) is 9.03. The Bertz CT molecular complexity index is 1010. The summed E-state index contributed by atoms with van der Waals surface area (Å²) < 4.78 is 65.1. The minimum atomic E-state index is -4.48. The third-order valence-corrected chi connectivity index (χ3v) is 6.47. The molecule has 30 heavy (non-hydrogen) atoms. The van der Waals surface area contributed by atoms with Crippen LogP contribution >= 0.6 is 0 Å². The highest BCUT2D eigenvalue weighted by molar-refractivity contribution is 7.89. The molecule has 0 aromatic heterocycles. The summed E-state index contributed by atoms with van der Waals surface area (Å²) in [5.41, 5.74) is -0.406. The number of halogens is 3. The summed E-state index contributed by atoms with van der Waals surface area (Å²) in [7, 11) is 0.678. The molecule has 1 N–H and O–H groups in total. The van der Waals surface area contributed by atoms with Gasteiger partial charge in [0, 0.05) is 26.3 Å². The Morgan fingerprint density at radius 1 is 1.07 bits per heavy atom. The second-order valence-corrected chi connectivity index (χ2v) is 9.20. The predicted octanol–water partition coefficient (Wildman–Crippen LogP) is 3.41. The molecule has 0 aliphatic carbocycles. The van der Waals surface area contributed by atoms with Crippen LogP contribution in [0.15, 0.2) is 53.4 Å². The van der Waals surface area contributed by atoms with Gasteiger partial charge >= 0.3 is 6.18 Å². The lowest BCUT2D eigenvalue weighted by Gasteiger charge is -2.25. The molecule has 0 saturated carbocycles. The molecule has 164 valence electrons. The molecule has 0 radical (unpaired) electrons. The summed E-state index contributed by atoms with van der Waals surface area (Å²) in [6.45, 7) is 1.48. The van der Waals surface area contributed by atoms with E-state index in [1.54, 1.807) is 14.0 Å². The number of nitrogens with zero attached hydrogens (tertiary/aromatic N) is 2. The molecule has 0 bridgehead atoms. The maximum absolute atomic E-state index is 13.2. The molecule has 6 nitrogen and oxygen atoms in total. The fraction of sp³-hybridized carbons (Fsp3) is 0.350. The molecule has 1 atom stereocenters. The van der Waals surface area contributed by atoms with E-state index in [0.29, 0.717) is 0 Å². The molecule has 0 aliphatic rings. The summed E-state index contributed by atoms with van der Waals surface area (Å²) in [5, 5.41) is 2.62. The van der Waals surface area contributed by atoms with E-state index < -0.39 is 33.7 Å². The molecule has 0 aliphatic heterocycles. The van der Waals surface area contributed by atoms with Crippen LogP contribution in [-0.4, -0.2) is 50.7 Å². The van der Waals surface area contributed by atoms with Crippen LogP contribution in [0.5, 0.6) is 0 Å². The number of alkyl halides is 3. The van der Waals surface area contributed by atoms with Crippen LogP contribution in [0.25, 0.3) is 0 Å². The monoisotopic (exact) mass is 443 g/mol. The lowest BCUT2D eigenvalue weighted by molar-refractivity contribution is -0.138. The average Bonchev–Trinajstić information content (AvgIpc) is 2.67. The maximum Gasteiger partial charge on any atom is 0.416 e. The lowest BCUT2D eigenvalue weighted by atomic mass is 10.1. The zero-order valence-corrected chi connectivity index (χ0v) is 17.9. The standard InChI is InChI=1S/C20H24F3N3O3S/c1-14(26(4)13-15-8-5-6-11-18(15)20(21,22)23)19(27)24-16-9-7-10-17(12-16)30(28,29)25(2)3/h5-12,14H,13H2,1-4H3,(H,24,27). The number of hydrogen-bond donors (Lipinski definition) is 1. The van der Waals surface area contributed by atoms with Crippen molar-refractivity contribution < 1.29 is 26.4 Å². The molecule has 2 aromatic rings. The van der Waals surface area contributed by atoms with Crippen LogP contribution in [0.2, 0.25) is 0 Å². The smallest absolute Gasteiger partial charge is 0.325 e. The van der Waals surface area contributed by atoms with Crippen LogP contribution < -0.4 is 5.32 Å². The Morgan fingerprint density at radius 2 is 1.70 bits per heavy atom. The molecule has 1 amide bonds. The van der Waals surface area contributed by atoms with Gasteiger partial charge in [0.15, 0.2) is 0 Å². The van der Waals surface area contributed by atoms with Gasteiger partial charge in [0.2, 0.25) is 15.9 Å². The topological polar surface area (TPSA) is 69.7 Å². The van der Waals surface area contributed by atoms with Gasteiger partial charge in [0.25, 0.3) is 0 Å². The molecule has 0 fully saturated rings. The van der Waals surface area contributed by atoms with Crippen LogP contribution in [0.4, 0.5) is 18.9 Å². The fourth-order valence-corrected chi connectivity index (χ4v) is 3.68. The SMILES string of the molecule is CC(C(=O)Nc1cccc(S(=O)(=O)N(C)C)c1)N(C)Cc1ccccc1C(F)(F)F. The van der Waals surface area contributed by atoms with Gasteiger partial charge in [0.1, 0.15) is 0 Å². The number of likely N-dealkylation sites (N-methyl/N-ethyl adjacent to an activating group) is 1. The largest absolute Gasteiger partial charge is 0.416 e. The molecular weight excluding hydrogens is 419 g/mol. The van der Waals surface area contributed by atoms with Crippen molar-refractivity contribution in [2.75, 3.05) is 26.5 Å². The number of amides is 1. The van der Waals surface area contributed by atoms with Gasteiger partial charge in [-0.3, -0.25) is 9.69 Å². The third kappa shape index (κ3) is 5.59. The normalized spacial score (nSPS) is 13.5. The number of carbonyl (C=O) groups is 1. The lowest BCUT2D eigenvalue weighted by Crippen LogP contribution is -2.39. The predicted molar refractivity (Wildman–Crippen MR) is 108 cm³/mol. The van der Waals surface area contributed by atoms with Gasteiger partial charge in [-0.1, -0.05) is 24.3 Å². The van der Waals surface area contributed by atoms with Crippen LogP contribution in [-0.2, 0) is 27.5 Å². The minimum Gasteiger partial charge on any atom is -0.325 e. The average molecular weight is 443 g/mol. The van der Waals surface area contributed by atoms with Crippen molar-refractivity contribution in [2.24, 2.45) is 0 Å². The molecule has 2 aromatic carbocycles. The number of benzene rings is 2. The summed E-state index contributed by atoms with van der Waals surface area (Å²) in [6.07, 6.45) is -4.48. The van der Waals surface area contributed by atoms with Crippen molar-refractivity contribution in [2.45, 2.75) is 30.6 Å². The van der Waals surface area contributed by atoms with Crippen molar-refractivity contribution in [3.8, 4) is 0 Å². The van der Waals surface area contributed by atoms with Gasteiger partial charge in [-0.05, 0) is 43.8 Å². The van der Waals surface area contributed by atoms with E-state index in [-0.39, 0.29) is 22.7 Å². The van der Waals surface area contributed by atoms with Crippen molar-refractivity contribution >= 4 is 21.6 Å². The second kappa shape index (κ2) is 9.15. The number of carbonyl (C=O) groups excluding carboxylic acids is 1. The highest BCUT2D eigenvalue weighted by Crippen LogP contribution is 2.32. The molecule has 1 unspecified atom stereocenters. The Balaban J connectivity index is 2.14. The van der Waals surface area contributed by atoms with Crippen molar-refractivity contribution in [1.82, 2.24) is 9.21 Å². The van der Waals surface area contributed by atoms with Crippen LogP contribution in [0.1, 0.15) is 18.1 Å². The zero-order valence-electron chi connectivity index (χ0n) is 17.1. The summed E-state index contributed by atoms with van der Waals surface area (Å²) >= 11 is 0. The Hall–Kier alpha value is -2.43. The van der Waals surface area contributed by atoms with Crippen LogP contribution in [0.3, 0.4) is 0 Å². The van der Waals surface area contributed by atoms with E-state index in [1.165, 1.54) is 61.5 Å². The summed E-state index contributed by atoms with van der Waals surface area (Å²) in [4.78, 5) is 14.1.